The Bertz CT molecular complexity index is 1450. The van der Waals surface area contributed by atoms with Crippen LogP contribution in [0.1, 0.15) is 355 Å². The van der Waals surface area contributed by atoms with Gasteiger partial charge >= 0.3 is 17.9 Å². The number of rotatable bonds is 63. The Morgan fingerprint density at radius 2 is 0.494 bits per heavy atom. The van der Waals surface area contributed by atoms with Gasteiger partial charge in [-0.25, -0.2) is 0 Å². The molecule has 0 aliphatic heterocycles. The Hall–Kier alpha value is -3.15. The molecule has 0 bridgehead atoms. The number of carbonyl (C=O) groups is 3. The molecule has 0 spiro atoms. The molecular formula is C73H130O6. The molecule has 0 saturated heterocycles. The van der Waals surface area contributed by atoms with Crippen molar-refractivity contribution in [1.82, 2.24) is 0 Å². The molecule has 1 unspecified atom stereocenters. The zero-order valence-corrected chi connectivity index (χ0v) is 52.6. The number of carbonyl (C=O) groups excluding carboxylic acids is 3. The first-order valence-electron chi connectivity index (χ1n) is 34.4. The van der Waals surface area contributed by atoms with Crippen molar-refractivity contribution in [3.63, 3.8) is 0 Å². The van der Waals surface area contributed by atoms with Crippen LogP contribution in [0.15, 0.2) is 72.9 Å². The highest BCUT2D eigenvalue weighted by Crippen LogP contribution is 2.18. The second-order valence-corrected chi connectivity index (χ2v) is 23.1. The van der Waals surface area contributed by atoms with Crippen LogP contribution in [0, 0.1) is 0 Å². The Balaban J connectivity index is 4.36. The van der Waals surface area contributed by atoms with E-state index in [2.05, 4.69) is 93.7 Å². The molecule has 6 heteroatoms. The molecule has 0 rings (SSSR count). The molecular weight excluding hydrogens is 973 g/mol. The van der Waals surface area contributed by atoms with Crippen LogP contribution in [0.4, 0.5) is 0 Å². The van der Waals surface area contributed by atoms with Gasteiger partial charge in [0.2, 0.25) is 0 Å². The highest BCUT2D eigenvalue weighted by atomic mass is 16.6. The van der Waals surface area contributed by atoms with E-state index in [0.717, 1.165) is 103 Å². The number of ether oxygens (including phenoxy) is 3. The summed E-state index contributed by atoms with van der Waals surface area (Å²) >= 11 is 0. The number of esters is 3. The summed E-state index contributed by atoms with van der Waals surface area (Å²) in [6, 6.07) is 0. The van der Waals surface area contributed by atoms with E-state index in [0.29, 0.717) is 19.3 Å². The maximum absolute atomic E-state index is 13.0. The zero-order valence-electron chi connectivity index (χ0n) is 52.6. The summed E-state index contributed by atoms with van der Waals surface area (Å²) in [5.41, 5.74) is 0. The Labute approximate surface area is 491 Å². The molecule has 0 aliphatic rings. The van der Waals surface area contributed by atoms with Crippen LogP contribution in [0.2, 0.25) is 0 Å². The number of hydrogen-bond donors (Lipinski definition) is 0. The maximum atomic E-state index is 13.0. The van der Waals surface area contributed by atoms with Crippen LogP contribution >= 0.6 is 0 Å². The van der Waals surface area contributed by atoms with E-state index in [4.69, 9.17) is 14.2 Å². The third-order valence-electron chi connectivity index (χ3n) is 15.2. The lowest BCUT2D eigenvalue weighted by atomic mass is 10.0. The fourth-order valence-electron chi connectivity index (χ4n) is 10.1. The molecule has 0 aromatic heterocycles. The van der Waals surface area contributed by atoms with Gasteiger partial charge in [0, 0.05) is 19.3 Å². The monoisotopic (exact) mass is 1100 g/mol. The maximum Gasteiger partial charge on any atom is 0.306 e. The van der Waals surface area contributed by atoms with Crippen molar-refractivity contribution >= 4 is 17.9 Å². The highest BCUT2D eigenvalue weighted by Gasteiger charge is 2.19. The molecule has 0 aromatic rings. The second-order valence-electron chi connectivity index (χ2n) is 23.1. The van der Waals surface area contributed by atoms with Gasteiger partial charge in [-0.1, -0.05) is 318 Å². The SMILES string of the molecule is CC/C=C\C/C=C\C/C=C\C/C=C\CCCCCCCCCCC(=O)OC(COC(=O)CCCCCCCCC/C=C\C/C=C\CCCCCC)COC(=O)CCCCCCCCCCCCCCCCCCCCCCCC. The van der Waals surface area contributed by atoms with Crippen molar-refractivity contribution in [2.24, 2.45) is 0 Å². The normalized spacial score (nSPS) is 12.5. The van der Waals surface area contributed by atoms with Crippen molar-refractivity contribution in [3.05, 3.63) is 72.9 Å². The van der Waals surface area contributed by atoms with Crippen LogP contribution in [0.25, 0.3) is 0 Å². The van der Waals surface area contributed by atoms with E-state index in [1.165, 1.54) is 212 Å². The first-order valence-corrected chi connectivity index (χ1v) is 34.4. The molecule has 0 N–H and O–H groups in total. The summed E-state index contributed by atoms with van der Waals surface area (Å²) < 4.78 is 17.0. The number of allylic oxidation sites excluding steroid dienone is 12. The summed E-state index contributed by atoms with van der Waals surface area (Å²) in [6.07, 6.45) is 87.7. The van der Waals surface area contributed by atoms with Gasteiger partial charge < -0.3 is 14.2 Å². The smallest absolute Gasteiger partial charge is 0.306 e. The van der Waals surface area contributed by atoms with Crippen LogP contribution in [-0.2, 0) is 28.6 Å². The minimum Gasteiger partial charge on any atom is -0.462 e. The van der Waals surface area contributed by atoms with E-state index in [1.807, 2.05) is 0 Å². The van der Waals surface area contributed by atoms with Crippen LogP contribution in [0.5, 0.6) is 0 Å². The van der Waals surface area contributed by atoms with Crippen molar-refractivity contribution in [2.75, 3.05) is 13.2 Å². The van der Waals surface area contributed by atoms with Crippen molar-refractivity contribution < 1.29 is 28.6 Å². The summed E-state index contributed by atoms with van der Waals surface area (Å²) in [5.74, 6) is -0.873. The molecule has 0 radical (unpaired) electrons. The van der Waals surface area contributed by atoms with Crippen molar-refractivity contribution in [3.8, 4) is 0 Å². The van der Waals surface area contributed by atoms with E-state index < -0.39 is 6.10 Å². The minimum absolute atomic E-state index is 0.0779. The predicted octanol–water partition coefficient (Wildman–Crippen LogP) is 23.7. The van der Waals surface area contributed by atoms with E-state index in [1.54, 1.807) is 0 Å². The van der Waals surface area contributed by atoms with E-state index >= 15 is 0 Å². The Kier molecular flexibility index (Phi) is 64.7. The average molecular weight is 1100 g/mol. The van der Waals surface area contributed by atoms with Crippen LogP contribution < -0.4 is 0 Å². The molecule has 0 heterocycles. The fourth-order valence-corrected chi connectivity index (χ4v) is 10.1. The molecule has 0 fully saturated rings. The lowest BCUT2D eigenvalue weighted by Crippen LogP contribution is -2.30. The van der Waals surface area contributed by atoms with Crippen LogP contribution in [0.3, 0.4) is 0 Å². The summed E-state index contributed by atoms with van der Waals surface area (Å²) in [6.45, 7) is 6.56. The van der Waals surface area contributed by atoms with Gasteiger partial charge in [-0.2, -0.15) is 0 Å². The summed E-state index contributed by atoms with van der Waals surface area (Å²) in [7, 11) is 0. The second kappa shape index (κ2) is 67.4. The van der Waals surface area contributed by atoms with Gasteiger partial charge in [-0.05, 0) is 89.9 Å². The van der Waals surface area contributed by atoms with E-state index in [9.17, 15) is 14.4 Å². The predicted molar refractivity (Wildman–Crippen MR) is 344 cm³/mol. The molecule has 0 aromatic carbocycles. The Morgan fingerprint density at radius 3 is 0.785 bits per heavy atom. The topological polar surface area (TPSA) is 78.9 Å². The molecule has 1 atom stereocenters. The molecule has 0 amide bonds. The van der Waals surface area contributed by atoms with Crippen molar-refractivity contribution in [1.29, 1.82) is 0 Å². The third kappa shape index (κ3) is 65.5. The lowest BCUT2D eigenvalue weighted by molar-refractivity contribution is -0.167. The number of unbranched alkanes of at least 4 members (excludes halogenated alkanes) is 40. The largest absolute Gasteiger partial charge is 0.462 e. The first-order chi connectivity index (χ1) is 39.0. The zero-order chi connectivity index (χ0) is 57.1. The summed E-state index contributed by atoms with van der Waals surface area (Å²) in [4.78, 5) is 38.5. The Morgan fingerprint density at radius 1 is 0.266 bits per heavy atom. The van der Waals surface area contributed by atoms with Crippen LogP contribution in [-0.4, -0.2) is 37.2 Å². The quantitative estimate of drug-likeness (QED) is 0.0261. The molecule has 79 heavy (non-hydrogen) atoms. The molecule has 458 valence electrons. The van der Waals surface area contributed by atoms with Crippen molar-refractivity contribution in [2.45, 2.75) is 361 Å². The summed E-state index contributed by atoms with van der Waals surface area (Å²) in [5, 5.41) is 0. The van der Waals surface area contributed by atoms with E-state index in [-0.39, 0.29) is 31.1 Å². The molecule has 0 aliphatic carbocycles. The average Bonchev–Trinajstić information content (AvgIpc) is 3.45. The van der Waals surface area contributed by atoms with Gasteiger partial charge in [0.05, 0.1) is 0 Å². The van der Waals surface area contributed by atoms with Gasteiger partial charge in [0.1, 0.15) is 13.2 Å². The first kappa shape index (κ1) is 75.8. The third-order valence-corrected chi connectivity index (χ3v) is 15.2. The minimum atomic E-state index is -0.784. The van der Waals surface area contributed by atoms with Gasteiger partial charge in [-0.15, -0.1) is 0 Å². The fraction of sp³-hybridized carbons (Fsp3) is 0.795. The van der Waals surface area contributed by atoms with Gasteiger partial charge in [0.15, 0.2) is 6.10 Å². The molecule has 0 saturated carbocycles. The van der Waals surface area contributed by atoms with Gasteiger partial charge in [0.25, 0.3) is 0 Å². The highest BCUT2D eigenvalue weighted by molar-refractivity contribution is 5.71. The molecule has 6 nitrogen and oxygen atoms in total. The number of hydrogen-bond acceptors (Lipinski definition) is 6. The van der Waals surface area contributed by atoms with Gasteiger partial charge in [-0.3, -0.25) is 14.4 Å². The standard InChI is InChI=1S/C73H130O6/c1-4-7-10-13-16-19-22-25-28-31-34-36-38-39-42-45-48-51-54-57-60-63-66-72(75)78-69-70(68-77-71(74)65-62-59-56-53-50-47-44-41-33-30-27-24-21-18-15-12-9-6-3)79-73(76)67-64-61-58-55-52-49-46-43-40-37-35-32-29-26-23-20-17-14-11-8-5-2/h8,11,17,20-21,24,26,29-30,33,35,37,70H,4-7,9-10,12-16,18-19,22-23,25,27-28,31-32,34,36,38-69H2,1-3H3/b11-8-,20-17-,24-21-,29-26-,33-30-,37-35-. The lowest BCUT2D eigenvalue weighted by Gasteiger charge is -2.18.